The van der Waals surface area contributed by atoms with Crippen LogP contribution < -0.4 is 0 Å². The fourth-order valence-corrected chi connectivity index (χ4v) is 1.33. The minimum atomic E-state index is 0.938. The lowest BCUT2D eigenvalue weighted by Crippen LogP contribution is -1.76. The molecule has 0 saturated heterocycles. The molecule has 0 radical (unpaired) electrons. The zero-order valence-electron chi connectivity index (χ0n) is 7.12. The molecule has 1 aromatic carbocycles. The highest BCUT2D eigenvalue weighted by Gasteiger charge is 1.98. The first kappa shape index (κ1) is 7.29. The predicted octanol–water partition coefficient (Wildman–Crippen LogP) is 3.11. The molecule has 2 rings (SSSR count). The molecule has 0 saturated carbocycles. The maximum atomic E-state index is 4.34. The Morgan fingerprint density at radius 3 is 3.17 bits per heavy atom. The molecular weight excluding hydrogens is 146 g/mol. The van der Waals surface area contributed by atoms with Crippen LogP contribution in [-0.4, -0.2) is 6.21 Å². The molecule has 1 nitrogen and oxygen atoms in total. The molecule has 1 aromatic rings. The molecule has 0 aliphatic carbocycles. The second kappa shape index (κ2) is 2.94. The fraction of sp³-hybridized carbons (Fsp3) is 0.182. The molecule has 0 fully saturated rings. The summed E-state index contributed by atoms with van der Waals surface area (Å²) in [5.74, 6) is 0. The number of nitrogens with zero attached hydrogens (tertiary/aromatic N) is 1. The maximum Gasteiger partial charge on any atom is 0.0698 e. The summed E-state index contributed by atoms with van der Waals surface area (Å²) >= 11 is 0. The molecule has 0 atom stereocenters. The van der Waals surface area contributed by atoms with Gasteiger partial charge in [-0.25, -0.2) is 0 Å². The van der Waals surface area contributed by atoms with E-state index < -0.39 is 0 Å². The minimum Gasteiger partial charge on any atom is -0.260 e. The van der Waals surface area contributed by atoms with Gasteiger partial charge in [-0.2, -0.15) is 0 Å². The van der Waals surface area contributed by atoms with E-state index in [-0.39, 0.29) is 0 Å². The highest BCUT2D eigenvalue weighted by molar-refractivity contribution is 5.75. The summed E-state index contributed by atoms with van der Waals surface area (Å²) in [7, 11) is 0. The average Bonchev–Trinajstić information content (AvgIpc) is 2.28. The smallest absolute Gasteiger partial charge is 0.0698 e. The summed E-state index contributed by atoms with van der Waals surface area (Å²) in [6.07, 6.45) is 7.15. The van der Waals surface area contributed by atoms with Gasteiger partial charge in [-0.05, 0) is 19.1 Å². The number of aliphatic imine (C=N–C) groups is 1. The van der Waals surface area contributed by atoms with Crippen LogP contribution in [0.15, 0.2) is 29.3 Å². The van der Waals surface area contributed by atoms with Gasteiger partial charge in [0.1, 0.15) is 0 Å². The van der Waals surface area contributed by atoms with E-state index in [2.05, 4.69) is 42.3 Å². The van der Waals surface area contributed by atoms with Gasteiger partial charge in [-0.1, -0.05) is 23.8 Å². The van der Waals surface area contributed by atoms with Crippen molar-refractivity contribution in [3.05, 3.63) is 35.4 Å². The van der Waals surface area contributed by atoms with Crippen LogP contribution in [0.3, 0.4) is 0 Å². The number of aryl methyl sites for hydroxylation is 1. The standard InChI is InChI=1S/C11H11N/c1-9-5-6-11-10(8-9)4-2-3-7-12-11/h2,4-8H,3H2,1H3. The van der Waals surface area contributed by atoms with E-state index in [4.69, 9.17) is 0 Å². The molecule has 12 heavy (non-hydrogen) atoms. The number of benzene rings is 1. The molecule has 1 heteroatoms. The Morgan fingerprint density at radius 1 is 1.33 bits per heavy atom. The number of rotatable bonds is 0. The fourth-order valence-electron chi connectivity index (χ4n) is 1.33. The van der Waals surface area contributed by atoms with Gasteiger partial charge < -0.3 is 0 Å². The van der Waals surface area contributed by atoms with Crippen molar-refractivity contribution in [3.8, 4) is 0 Å². The van der Waals surface area contributed by atoms with E-state index in [1.165, 1.54) is 11.1 Å². The Morgan fingerprint density at radius 2 is 2.25 bits per heavy atom. The van der Waals surface area contributed by atoms with Crippen molar-refractivity contribution in [1.82, 2.24) is 0 Å². The van der Waals surface area contributed by atoms with Gasteiger partial charge in [0.25, 0.3) is 0 Å². The highest BCUT2D eigenvalue weighted by atomic mass is 14.7. The molecular formula is C11H11N. The minimum absolute atomic E-state index is 0.938. The van der Waals surface area contributed by atoms with Crippen LogP contribution in [0.2, 0.25) is 0 Å². The summed E-state index contributed by atoms with van der Waals surface area (Å²) in [6.45, 7) is 2.10. The van der Waals surface area contributed by atoms with Crippen molar-refractivity contribution >= 4 is 18.0 Å². The number of hydrogen-bond acceptors (Lipinski definition) is 1. The first-order valence-corrected chi connectivity index (χ1v) is 4.16. The summed E-state index contributed by atoms with van der Waals surface area (Å²) in [5.41, 5.74) is 3.59. The van der Waals surface area contributed by atoms with Gasteiger partial charge in [0.05, 0.1) is 5.69 Å². The lowest BCUT2D eigenvalue weighted by Gasteiger charge is -1.99. The molecule has 1 aliphatic rings. The van der Waals surface area contributed by atoms with Crippen LogP contribution in [0.1, 0.15) is 17.5 Å². The van der Waals surface area contributed by atoms with Gasteiger partial charge in [0, 0.05) is 18.2 Å². The largest absolute Gasteiger partial charge is 0.260 e. The van der Waals surface area contributed by atoms with Crippen LogP contribution in [0.25, 0.3) is 6.08 Å². The molecule has 0 unspecified atom stereocenters. The molecule has 1 aliphatic heterocycles. The van der Waals surface area contributed by atoms with Crippen LogP contribution in [-0.2, 0) is 0 Å². The zero-order chi connectivity index (χ0) is 8.39. The average molecular weight is 157 g/mol. The predicted molar refractivity (Wildman–Crippen MR) is 53.0 cm³/mol. The molecule has 60 valence electrons. The number of hydrogen-bond donors (Lipinski definition) is 0. The summed E-state index contributed by atoms with van der Waals surface area (Å²) < 4.78 is 0. The van der Waals surface area contributed by atoms with E-state index in [9.17, 15) is 0 Å². The third-order valence-electron chi connectivity index (χ3n) is 1.95. The molecule has 0 spiro atoms. The van der Waals surface area contributed by atoms with Gasteiger partial charge in [-0.3, -0.25) is 4.99 Å². The van der Waals surface area contributed by atoms with Crippen LogP contribution in [0.5, 0.6) is 0 Å². The normalized spacial score (nSPS) is 14.1. The molecule has 0 N–H and O–H groups in total. The van der Waals surface area contributed by atoms with Crippen molar-refractivity contribution < 1.29 is 0 Å². The third kappa shape index (κ3) is 1.30. The van der Waals surface area contributed by atoms with E-state index >= 15 is 0 Å². The SMILES string of the molecule is Cc1ccc2c(c1)C=CCC=N2. The second-order valence-corrected chi connectivity index (χ2v) is 3.01. The first-order valence-electron chi connectivity index (χ1n) is 4.16. The Balaban J connectivity index is 2.58. The Labute approximate surface area is 72.5 Å². The van der Waals surface area contributed by atoms with E-state index in [0.717, 1.165) is 12.1 Å². The summed E-state index contributed by atoms with van der Waals surface area (Å²) in [5, 5.41) is 0. The summed E-state index contributed by atoms with van der Waals surface area (Å²) in [4.78, 5) is 4.34. The second-order valence-electron chi connectivity index (χ2n) is 3.01. The quantitative estimate of drug-likeness (QED) is 0.548. The molecule has 0 amide bonds. The van der Waals surface area contributed by atoms with E-state index in [0.29, 0.717) is 0 Å². The van der Waals surface area contributed by atoms with Crippen LogP contribution in [0, 0.1) is 6.92 Å². The van der Waals surface area contributed by atoms with Crippen molar-refractivity contribution in [2.24, 2.45) is 4.99 Å². The van der Waals surface area contributed by atoms with Gasteiger partial charge in [0.15, 0.2) is 0 Å². The molecule has 1 heterocycles. The first-order chi connectivity index (χ1) is 5.86. The van der Waals surface area contributed by atoms with Gasteiger partial charge in [-0.15, -0.1) is 0 Å². The van der Waals surface area contributed by atoms with Crippen molar-refractivity contribution in [2.45, 2.75) is 13.3 Å². The Kier molecular flexibility index (Phi) is 1.78. The van der Waals surface area contributed by atoms with Crippen molar-refractivity contribution in [2.75, 3.05) is 0 Å². The van der Waals surface area contributed by atoms with E-state index in [1.807, 2.05) is 6.21 Å². The van der Waals surface area contributed by atoms with Crippen molar-refractivity contribution in [3.63, 3.8) is 0 Å². The Hall–Kier alpha value is -1.37. The van der Waals surface area contributed by atoms with Crippen LogP contribution >= 0.6 is 0 Å². The molecule has 0 aromatic heterocycles. The topological polar surface area (TPSA) is 12.4 Å². The summed E-state index contributed by atoms with van der Waals surface area (Å²) in [6, 6.07) is 6.32. The zero-order valence-corrected chi connectivity index (χ0v) is 7.12. The lowest BCUT2D eigenvalue weighted by atomic mass is 10.1. The molecule has 0 bridgehead atoms. The van der Waals surface area contributed by atoms with Gasteiger partial charge >= 0.3 is 0 Å². The van der Waals surface area contributed by atoms with E-state index in [1.54, 1.807) is 0 Å². The van der Waals surface area contributed by atoms with Crippen molar-refractivity contribution in [1.29, 1.82) is 0 Å². The van der Waals surface area contributed by atoms with Gasteiger partial charge in [0.2, 0.25) is 0 Å². The maximum absolute atomic E-state index is 4.34. The Bertz CT molecular complexity index is 348. The lowest BCUT2D eigenvalue weighted by molar-refractivity contribution is 1.42. The number of allylic oxidation sites excluding steroid dienone is 1. The third-order valence-corrected chi connectivity index (χ3v) is 1.95. The monoisotopic (exact) mass is 157 g/mol. The number of fused-ring (bicyclic) bond motifs is 1. The van der Waals surface area contributed by atoms with Crippen LogP contribution in [0.4, 0.5) is 5.69 Å². The highest BCUT2D eigenvalue weighted by Crippen LogP contribution is 2.23.